The van der Waals surface area contributed by atoms with Crippen molar-refractivity contribution >= 4 is 94.3 Å². The number of fused-ring (bicyclic) bond motifs is 2. The summed E-state index contributed by atoms with van der Waals surface area (Å²) < 4.78 is 0. The highest BCUT2D eigenvalue weighted by Gasteiger charge is 2.36. The molecule has 9 atom stereocenters. The van der Waals surface area contributed by atoms with Crippen LogP contribution in [0.2, 0.25) is 0 Å². The Labute approximate surface area is 457 Å². The lowest BCUT2D eigenvalue weighted by atomic mass is 10.00. The van der Waals surface area contributed by atoms with Crippen molar-refractivity contribution in [2.24, 2.45) is 17.4 Å². The number of nitrogens with one attached hydrogen (secondary N) is 8. The first-order valence-electron chi connectivity index (χ1n) is 25.2. The summed E-state index contributed by atoms with van der Waals surface area (Å²) in [6.07, 6.45) is 0.940. The summed E-state index contributed by atoms with van der Waals surface area (Å²) >= 11 is 8.50. The summed E-state index contributed by atoms with van der Waals surface area (Å²) in [6, 6.07) is 15.9. The largest absolute Gasteiger partial charge is 0.508 e. The first-order valence-corrected chi connectivity index (χ1v) is 26.5. The van der Waals surface area contributed by atoms with Gasteiger partial charge in [-0.3, -0.25) is 33.6 Å². The Morgan fingerprint density at radius 1 is 0.571 bits per heavy atom. The van der Waals surface area contributed by atoms with Crippen LogP contribution in [-0.4, -0.2) is 140 Å². The standard InChI is InChI=1S/C54H70N10O11S2/c1-29(2)45(53(73)62-44(28-77)52(72)64-46(30(3)65)54(74)75)63-48(68)40(14-8-9-21-55)58-50(70)42(25-35-26-57-39-13-7-6-12-37(35)39)60-49(69)41(24-31-16-19-36(66)20-17-31)59-51(71)43(27-76)61-47(67)38(56)23-32-15-18-33-10-4-5-11-34(33)22-32/h4-7,10-13,15-20,22,26,29-30,38,40-46,57,65-66,76-77H,8-9,14,21,23-25,27-28,55-56H2,1-3H3,(H,58,70)(H,59,71)(H,60,69)(H,61,67)(H,62,73)(H,63,68)(H,64,72)(H,74,75)/t30-,38+,40+,41+,42-,43+,44+,45+,46+/m1/s1. The first-order chi connectivity index (χ1) is 36.7. The molecule has 1 heterocycles. The Bertz CT molecular complexity index is 2850. The predicted molar refractivity (Wildman–Crippen MR) is 298 cm³/mol. The topological polar surface area (TPSA) is 349 Å². The van der Waals surface area contributed by atoms with Crippen molar-refractivity contribution in [3.8, 4) is 5.75 Å². The molecule has 5 rings (SSSR count). The minimum atomic E-state index is -1.68. The maximum absolute atomic E-state index is 14.7. The average Bonchev–Trinajstić information content (AvgIpc) is 3.82. The normalized spacial score (nSPS) is 14.9. The van der Waals surface area contributed by atoms with Crippen LogP contribution in [0.3, 0.4) is 0 Å². The Balaban J connectivity index is 1.39. The fraction of sp³-hybridized carbons (Fsp3) is 0.407. The predicted octanol–water partition coefficient (Wildman–Crippen LogP) is 0.886. The van der Waals surface area contributed by atoms with Crippen LogP contribution in [-0.2, 0) is 57.6 Å². The summed E-state index contributed by atoms with van der Waals surface area (Å²) in [6.45, 7) is 4.69. The van der Waals surface area contributed by atoms with E-state index in [1.165, 1.54) is 19.1 Å². The molecule has 5 aromatic rings. The van der Waals surface area contributed by atoms with E-state index in [0.717, 1.165) is 27.2 Å². The number of hydrogen-bond donors (Lipinski definition) is 15. The van der Waals surface area contributed by atoms with Gasteiger partial charge in [0.2, 0.25) is 41.4 Å². The minimum Gasteiger partial charge on any atom is -0.508 e. The van der Waals surface area contributed by atoms with E-state index < -0.39 is 108 Å². The summed E-state index contributed by atoms with van der Waals surface area (Å²) in [5, 5.41) is 50.4. The number of carboxylic acid groups (broad SMARTS) is 1. The van der Waals surface area contributed by atoms with Crippen molar-refractivity contribution in [2.75, 3.05) is 18.1 Å². The summed E-state index contributed by atoms with van der Waals surface area (Å²) in [5.41, 5.74) is 14.8. The van der Waals surface area contributed by atoms with E-state index in [9.17, 15) is 53.7 Å². The molecule has 77 heavy (non-hydrogen) atoms. The molecule has 0 radical (unpaired) electrons. The van der Waals surface area contributed by atoms with Crippen molar-refractivity contribution in [3.63, 3.8) is 0 Å². The molecule has 414 valence electrons. The minimum absolute atomic E-state index is 0.0365. The summed E-state index contributed by atoms with van der Waals surface area (Å²) in [4.78, 5) is 113. The number of thiol groups is 2. The SMILES string of the molecule is CC(C)[C@H](NC(=O)[C@H](CCCCN)NC(=O)[C@@H](Cc1c[nH]c2ccccc12)NC(=O)[C@H](Cc1ccc(O)cc1)NC(=O)[C@H](CS)NC(=O)[C@@H](N)Cc1ccc2ccccc2c1)C(=O)N[C@@H](CS)C(=O)N[C@H](C(=O)O)[C@@H](C)O. The number of aliphatic hydroxyl groups excluding tert-OH is 1. The number of hydrogen-bond acceptors (Lipinski definition) is 14. The fourth-order valence-corrected chi connectivity index (χ4v) is 8.97. The van der Waals surface area contributed by atoms with Crippen LogP contribution in [0.1, 0.15) is 56.7 Å². The van der Waals surface area contributed by atoms with Gasteiger partial charge in [0.25, 0.3) is 0 Å². The Hall–Kier alpha value is -7.18. The van der Waals surface area contributed by atoms with Crippen LogP contribution in [0, 0.1) is 5.92 Å². The lowest BCUT2D eigenvalue weighted by Gasteiger charge is -2.29. The van der Waals surface area contributed by atoms with E-state index in [0.29, 0.717) is 24.0 Å². The van der Waals surface area contributed by atoms with E-state index in [2.05, 4.69) is 67.5 Å². The second-order valence-corrected chi connectivity index (χ2v) is 19.9. The van der Waals surface area contributed by atoms with Crippen LogP contribution >= 0.6 is 25.3 Å². The molecule has 1 aromatic heterocycles. The number of phenols is 1. The van der Waals surface area contributed by atoms with Crippen LogP contribution in [0.15, 0.2) is 97.2 Å². The van der Waals surface area contributed by atoms with Crippen molar-refractivity contribution in [2.45, 2.75) is 114 Å². The molecule has 0 aliphatic heterocycles. The highest BCUT2D eigenvalue weighted by atomic mass is 32.1. The van der Waals surface area contributed by atoms with Crippen LogP contribution < -0.4 is 48.7 Å². The number of para-hydroxylation sites is 1. The number of carbonyl (C=O) groups is 8. The van der Waals surface area contributed by atoms with Gasteiger partial charge in [-0.1, -0.05) is 86.6 Å². The molecule has 0 bridgehead atoms. The zero-order chi connectivity index (χ0) is 56.3. The van der Waals surface area contributed by atoms with E-state index in [-0.39, 0.29) is 49.5 Å². The number of aliphatic hydroxyl groups is 1. The lowest BCUT2D eigenvalue weighted by molar-refractivity contribution is -0.145. The molecule has 0 saturated heterocycles. The number of aromatic nitrogens is 1. The van der Waals surface area contributed by atoms with Crippen molar-refractivity contribution in [1.82, 2.24) is 42.2 Å². The van der Waals surface area contributed by atoms with Gasteiger partial charge in [0.05, 0.1) is 12.1 Å². The number of rotatable bonds is 29. The third-order valence-electron chi connectivity index (χ3n) is 12.9. The number of carbonyl (C=O) groups excluding carboxylic acids is 7. The van der Waals surface area contributed by atoms with Crippen molar-refractivity contribution in [3.05, 3.63) is 114 Å². The third kappa shape index (κ3) is 17.7. The number of aliphatic carboxylic acids is 1. The van der Waals surface area contributed by atoms with Gasteiger partial charge in [0.1, 0.15) is 42.0 Å². The van der Waals surface area contributed by atoms with Crippen molar-refractivity contribution in [1.29, 1.82) is 0 Å². The number of nitrogens with two attached hydrogens (primary N) is 2. The fourth-order valence-electron chi connectivity index (χ4n) is 8.46. The van der Waals surface area contributed by atoms with Gasteiger partial charge in [-0.2, -0.15) is 25.3 Å². The maximum Gasteiger partial charge on any atom is 0.328 e. The van der Waals surface area contributed by atoms with Crippen LogP contribution in [0.4, 0.5) is 0 Å². The molecule has 0 aliphatic rings. The maximum atomic E-state index is 14.7. The number of benzene rings is 4. The number of H-pyrrole nitrogens is 1. The second-order valence-electron chi connectivity index (χ2n) is 19.2. The first kappa shape index (κ1) is 60.7. The molecule has 0 saturated carbocycles. The second kappa shape index (κ2) is 29.4. The van der Waals surface area contributed by atoms with E-state index in [1.54, 1.807) is 38.2 Å². The van der Waals surface area contributed by atoms with Gasteiger partial charge in [0.15, 0.2) is 6.04 Å². The molecule has 23 heteroatoms. The number of phenolic OH excluding ortho intramolecular Hbond substituents is 1. The Morgan fingerprint density at radius 2 is 1.09 bits per heavy atom. The summed E-state index contributed by atoms with van der Waals surface area (Å²) in [7, 11) is 0. The quantitative estimate of drug-likeness (QED) is 0.0234. The molecular formula is C54H70N10O11S2. The molecule has 0 spiro atoms. The van der Waals surface area contributed by atoms with Gasteiger partial charge < -0.3 is 69.0 Å². The number of unbranched alkanes of at least 4 members (excludes halogenated alkanes) is 1. The highest BCUT2D eigenvalue weighted by molar-refractivity contribution is 7.80. The Morgan fingerprint density at radius 3 is 1.70 bits per heavy atom. The summed E-state index contributed by atoms with van der Waals surface area (Å²) in [5.74, 6) is -8.23. The number of aromatic hydroxyl groups is 1. The number of aromatic amines is 1. The molecular weight excluding hydrogens is 1030 g/mol. The van der Waals surface area contributed by atoms with Crippen LogP contribution in [0.25, 0.3) is 21.7 Å². The molecule has 4 aromatic carbocycles. The van der Waals surface area contributed by atoms with Gasteiger partial charge in [0, 0.05) is 41.4 Å². The zero-order valence-electron chi connectivity index (χ0n) is 43.0. The molecule has 0 fully saturated rings. The lowest BCUT2D eigenvalue weighted by Crippen LogP contribution is -2.61. The monoisotopic (exact) mass is 1100 g/mol. The van der Waals surface area contributed by atoms with Crippen molar-refractivity contribution < 1.29 is 53.7 Å². The molecule has 0 aliphatic carbocycles. The van der Waals surface area contributed by atoms with Gasteiger partial charge in [-0.15, -0.1) is 0 Å². The van der Waals surface area contributed by atoms with E-state index in [4.69, 9.17) is 11.5 Å². The van der Waals surface area contributed by atoms with Crippen LogP contribution in [0.5, 0.6) is 5.75 Å². The van der Waals surface area contributed by atoms with E-state index in [1.807, 2.05) is 60.7 Å². The smallest absolute Gasteiger partial charge is 0.328 e. The van der Waals surface area contributed by atoms with Gasteiger partial charge in [-0.25, -0.2) is 4.79 Å². The number of carboxylic acids is 1. The molecule has 21 nitrogen and oxygen atoms in total. The Kier molecular flexibility index (Phi) is 23.1. The van der Waals surface area contributed by atoms with Gasteiger partial charge in [-0.05, 0) is 90.7 Å². The molecule has 15 N–H and O–H groups in total. The zero-order valence-corrected chi connectivity index (χ0v) is 44.8. The third-order valence-corrected chi connectivity index (χ3v) is 13.6. The highest BCUT2D eigenvalue weighted by Crippen LogP contribution is 2.21. The van der Waals surface area contributed by atoms with E-state index >= 15 is 0 Å². The number of amides is 7. The molecule has 0 unspecified atom stereocenters. The molecule has 7 amide bonds. The van der Waals surface area contributed by atoms with Gasteiger partial charge >= 0.3 is 5.97 Å². The average molecular weight is 1100 g/mol.